The Morgan fingerprint density at radius 1 is 1.38 bits per heavy atom. The van der Waals surface area contributed by atoms with Crippen molar-refractivity contribution in [3.8, 4) is 5.75 Å². The van der Waals surface area contributed by atoms with Crippen molar-refractivity contribution in [1.82, 2.24) is 9.97 Å². The summed E-state index contributed by atoms with van der Waals surface area (Å²) in [6.07, 6.45) is 2.89. The number of carbonyl (C=O) groups is 1. The number of methoxy groups -OCH3 is 1. The number of nitrogens with zero attached hydrogens (tertiary/aromatic N) is 2. The Hall–Kier alpha value is -2.78. The normalized spacial score (nSPS) is 11.9. The summed E-state index contributed by atoms with van der Waals surface area (Å²) in [7, 11) is 1.42. The van der Waals surface area contributed by atoms with Gasteiger partial charge in [-0.1, -0.05) is 6.07 Å². The number of aliphatic hydroxyl groups excluding tert-OH is 1. The highest BCUT2D eigenvalue weighted by molar-refractivity contribution is 9.10. The third kappa shape index (κ3) is 4.15. The van der Waals surface area contributed by atoms with Crippen molar-refractivity contribution in [3.05, 3.63) is 58.2 Å². The third-order valence-electron chi connectivity index (χ3n) is 4.27. The molecule has 0 aliphatic heterocycles. The Labute approximate surface area is 175 Å². The van der Waals surface area contributed by atoms with Gasteiger partial charge in [0.25, 0.3) is 0 Å². The van der Waals surface area contributed by atoms with Crippen molar-refractivity contribution in [2.45, 2.75) is 13.0 Å². The topological polar surface area (TPSA) is 93.6 Å². The Kier molecular flexibility index (Phi) is 6.60. The minimum Gasteiger partial charge on any atom is -0.495 e. The average Bonchev–Trinajstić information content (AvgIpc) is 2.74. The zero-order valence-electron chi connectivity index (χ0n) is 15.8. The van der Waals surface area contributed by atoms with Gasteiger partial charge >= 0.3 is 5.97 Å². The number of ether oxygens (including phenoxy) is 2. The number of esters is 1. The number of anilines is 1. The Bertz CT molecular complexity index is 1030. The number of carbonyl (C=O) groups excluding carboxylic acids is 1. The molecule has 0 bridgehead atoms. The molecule has 0 fully saturated rings. The molecule has 1 unspecified atom stereocenters. The van der Waals surface area contributed by atoms with E-state index in [4.69, 9.17) is 9.47 Å². The smallest absolute Gasteiger partial charge is 0.341 e. The van der Waals surface area contributed by atoms with Crippen LogP contribution in [0.25, 0.3) is 10.9 Å². The quantitative estimate of drug-likeness (QED) is 0.513. The van der Waals surface area contributed by atoms with Crippen LogP contribution in [0.15, 0.2) is 41.1 Å². The van der Waals surface area contributed by atoms with Gasteiger partial charge in [0, 0.05) is 18.5 Å². The van der Waals surface area contributed by atoms with Crippen LogP contribution >= 0.6 is 15.9 Å². The third-order valence-corrected chi connectivity index (χ3v) is 5.00. The van der Waals surface area contributed by atoms with Gasteiger partial charge < -0.3 is 19.9 Å². The first kappa shape index (κ1) is 20.9. The number of hydrogen-bond donors (Lipinski definition) is 2. The van der Waals surface area contributed by atoms with Crippen LogP contribution in [0.2, 0.25) is 0 Å². The number of hydrogen-bond acceptors (Lipinski definition) is 7. The molecule has 0 aliphatic rings. The van der Waals surface area contributed by atoms with E-state index < -0.39 is 17.8 Å². The fourth-order valence-corrected chi connectivity index (χ4v) is 3.37. The van der Waals surface area contributed by atoms with Gasteiger partial charge in [0.15, 0.2) is 5.82 Å². The van der Waals surface area contributed by atoms with Gasteiger partial charge in [-0.15, -0.1) is 0 Å². The van der Waals surface area contributed by atoms with Crippen LogP contribution in [-0.2, 0) is 4.74 Å². The molecular weight excluding hydrogens is 445 g/mol. The summed E-state index contributed by atoms with van der Waals surface area (Å²) in [5.41, 5.74) is 1.00. The highest BCUT2D eigenvalue weighted by Crippen LogP contribution is 2.39. The zero-order chi connectivity index (χ0) is 21.0. The van der Waals surface area contributed by atoms with E-state index in [-0.39, 0.29) is 45.6 Å². The number of rotatable bonds is 7. The summed E-state index contributed by atoms with van der Waals surface area (Å²) in [5.74, 6) is -1.05. The molecule has 7 nitrogen and oxygen atoms in total. The molecule has 1 atom stereocenters. The van der Waals surface area contributed by atoms with Crippen molar-refractivity contribution in [2.75, 3.05) is 25.6 Å². The standard InChI is InChI=1S/C20H19BrFN3O4/c1-3-29-20(27)11-9-24-13-8-15(28-2)17(21)18(22)16(13)19(11)25-14(10-26)12-6-4-5-7-23-12/h4-9,14,26H,3,10H2,1-2H3,(H,24,25). The van der Waals surface area contributed by atoms with Crippen LogP contribution in [0.3, 0.4) is 0 Å². The summed E-state index contributed by atoms with van der Waals surface area (Å²) in [6, 6.07) is 6.10. The second-order valence-electron chi connectivity index (χ2n) is 6.00. The van der Waals surface area contributed by atoms with Gasteiger partial charge in [0.05, 0.1) is 53.1 Å². The summed E-state index contributed by atoms with van der Waals surface area (Å²) in [5, 5.41) is 13.0. The second kappa shape index (κ2) is 9.15. The summed E-state index contributed by atoms with van der Waals surface area (Å²) >= 11 is 3.18. The molecule has 29 heavy (non-hydrogen) atoms. The molecule has 0 spiro atoms. The number of benzene rings is 1. The van der Waals surface area contributed by atoms with E-state index in [9.17, 15) is 9.90 Å². The number of halogens is 2. The van der Waals surface area contributed by atoms with Gasteiger partial charge in [-0.2, -0.15) is 0 Å². The van der Waals surface area contributed by atoms with Crippen molar-refractivity contribution in [1.29, 1.82) is 0 Å². The molecule has 3 rings (SSSR count). The van der Waals surface area contributed by atoms with Crippen LogP contribution in [0.4, 0.5) is 10.1 Å². The number of nitrogens with one attached hydrogen (secondary N) is 1. The minimum atomic E-state index is -0.685. The van der Waals surface area contributed by atoms with Crippen LogP contribution in [0.1, 0.15) is 29.0 Å². The lowest BCUT2D eigenvalue weighted by atomic mass is 10.1. The van der Waals surface area contributed by atoms with E-state index in [1.54, 1.807) is 37.4 Å². The van der Waals surface area contributed by atoms with Gasteiger partial charge in [-0.25, -0.2) is 9.18 Å². The number of pyridine rings is 2. The van der Waals surface area contributed by atoms with Crippen LogP contribution in [-0.4, -0.2) is 41.4 Å². The van der Waals surface area contributed by atoms with Gasteiger partial charge in [0.2, 0.25) is 0 Å². The van der Waals surface area contributed by atoms with Crippen molar-refractivity contribution < 1.29 is 23.8 Å². The Balaban J connectivity index is 2.23. The fourth-order valence-electron chi connectivity index (χ4n) is 2.89. The van der Waals surface area contributed by atoms with E-state index >= 15 is 4.39 Å². The van der Waals surface area contributed by atoms with E-state index in [0.29, 0.717) is 5.69 Å². The summed E-state index contributed by atoms with van der Waals surface area (Å²) in [4.78, 5) is 20.9. The molecule has 3 aromatic rings. The minimum absolute atomic E-state index is 0.0460. The van der Waals surface area contributed by atoms with E-state index in [1.165, 1.54) is 13.3 Å². The first-order valence-corrected chi connectivity index (χ1v) is 9.61. The van der Waals surface area contributed by atoms with E-state index in [1.807, 2.05) is 0 Å². The van der Waals surface area contributed by atoms with Gasteiger partial charge in [-0.05, 0) is 35.0 Å². The van der Waals surface area contributed by atoms with Gasteiger partial charge in [-0.3, -0.25) is 9.97 Å². The number of aliphatic hydroxyl groups is 1. The molecule has 0 saturated heterocycles. The van der Waals surface area contributed by atoms with Gasteiger partial charge in [0.1, 0.15) is 11.3 Å². The number of aromatic nitrogens is 2. The first-order valence-electron chi connectivity index (χ1n) is 8.81. The largest absolute Gasteiger partial charge is 0.495 e. The lowest BCUT2D eigenvalue weighted by Gasteiger charge is -2.21. The fraction of sp³-hybridized carbons (Fsp3) is 0.250. The second-order valence-corrected chi connectivity index (χ2v) is 6.80. The molecular formula is C20H19BrFN3O4. The molecule has 0 aliphatic carbocycles. The number of fused-ring (bicyclic) bond motifs is 1. The predicted octanol–water partition coefficient (Wildman–Crippen LogP) is 3.86. The summed E-state index contributed by atoms with van der Waals surface area (Å²) in [6.45, 7) is 1.49. The van der Waals surface area contributed by atoms with E-state index in [0.717, 1.165) is 0 Å². The molecule has 2 N–H and O–H groups in total. The first-order chi connectivity index (χ1) is 14.0. The molecule has 2 aromatic heterocycles. The maximum absolute atomic E-state index is 15.3. The lowest BCUT2D eigenvalue weighted by Crippen LogP contribution is -2.19. The molecule has 152 valence electrons. The lowest BCUT2D eigenvalue weighted by molar-refractivity contribution is 0.0527. The molecule has 2 heterocycles. The predicted molar refractivity (Wildman–Crippen MR) is 110 cm³/mol. The van der Waals surface area contributed by atoms with Crippen LogP contribution < -0.4 is 10.1 Å². The van der Waals surface area contributed by atoms with Crippen LogP contribution in [0.5, 0.6) is 5.75 Å². The monoisotopic (exact) mass is 463 g/mol. The highest BCUT2D eigenvalue weighted by atomic mass is 79.9. The molecule has 1 aromatic carbocycles. The Morgan fingerprint density at radius 3 is 2.79 bits per heavy atom. The average molecular weight is 464 g/mol. The SMILES string of the molecule is CCOC(=O)c1cnc2cc(OC)c(Br)c(F)c2c1NC(CO)c1ccccn1. The Morgan fingerprint density at radius 2 is 2.17 bits per heavy atom. The van der Waals surface area contributed by atoms with Crippen LogP contribution in [0, 0.1) is 5.82 Å². The molecule has 0 radical (unpaired) electrons. The molecule has 0 saturated carbocycles. The van der Waals surface area contributed by atoms with E-state index in [2.05, 4.69) is 31.2 Å². The molecule has 9 heteroatoms. The summed E-state index contributed by atoms with van der Waals surface area (Å²) < 4.78 is 25.6. The highest BCUT2D eigenvalue weighted by Gasteiger charge is 2.25. The molecule has 0 amide bonds. The van der Waals surface area contributed by atoms with Crippen molar-refractivity contribution in [2.24, 2.45) is 0 Å². The zero-order valence-corrected chi connectivity index (χ0v) is 17.4. The maximum atomic E-state index is 15.3. The van der Waals surface area contributed by atoms with Crippen molar-refractivity contribution >= 4 is 38.5 Å². The van der Waals surface area contributed by atoms with Crippen molar-refractivity contribution in [3.63, 3.8) is 0 Å². The maximum Gasteiger partial charge on any atom is 0.341 e.